The Bertz CT molecular complexity index is 401. The van der Waals surface area contributed by atoms with Gasteiger partial charge in [0.25, 0.3) is 0 Å². The highest BCUT2D eigenvalue weighted by Crippen LogP contribution is 2.18. The molecule has 0 aromatic carbocycles. The molecule has 4 atom stereocenters. The molecule has 0 aromatic heterocycles. The second-order valence-corrected chi connectivity index (χ2v) is 8.79. The summed E-state index contributed by atoms with van der Waals surface area (Å²) in [6, 6.07) is 0. The maximum absolute atomic E-state index is 9.96. The van der Waals surface area contributed by atoms with E-state index in [2.05, 4.69) is 19.1 Å². The number of allylic oxidation sites excluding steroid dienone is 2. The van der Waals surface area contributed by atoms with Gasteiger partial charge in [-0.25, -0.2) is 0 Å². The molecule has 30 heavy (non-hydrogen) atoms. The molecule has 3 N–H and O–H groups in total. The molecule has 5 nitrogen and oxygen atoms in total. The van der Waals surface area contributed by atoms with E-state index in [1.807, 2.05) is 0 Å². The Kier molecular flexibility index (Phi) is 17.7. The number of hydrogen-bond donors (Lipinski definition) is 3. The van der Waals surface area contributed by atoms with Gasteiger partial charge in [0.1, 0.15) is 24.4 Å². The zero-order chi connectivity index (χ0) is 21.9. The van der Waals surface area contributed by atoms with E-state index < -0.39 is 24.4 Å². The largest absolute Gasteiger partial charge is 0.388 e. The van der Waals surface area contributed by atoms with Crippen molar-refractivity contribution in [3.63, 3.8) is 0 Å². The van der Waals surface area contributed by atoms with Crippen molar-refractivity contribution in [1.82, 2.24) is 0 Å². The minimum absolute atomic E-state index is 0.0691. The minimum atomic E-state index is -1.03. The summed E-state index contributed by atoms with van der Waals surface area (Å²) in [6.07, 6.45) is 20.5. The van der Waals surface area contributed by atoms with Crippen molar-refractivity contribution < 1.29 is 24.8 Å². The maximum atomic E-state index is 9.96. The second-order valence-electron chi connectivity index (χ2n) is 8.79. The summed E-state index contributed by atoms with van der Waals surface area (Å²) in [4.78, 5) is 0. The molecule has 1 saturated heterocycles. The smallest absolute Gasteiger partial charge is 0.114 e. The molecule has 1 fully saturated rings. The molecule has 0 unspecified atom stereocenters. The quantitative estimate of drug-likeness (QED) is 0.190. The number of rotatable bonds is 20. The van der Waals surface area contributed by atoms with Crippen LogP contribution in [0.15, 0.2) is 12.2 Å². The number of hydrogen-bond acceptors (Lipinski definition) is 5. The lowest BCUT2D eigenvalue weighted by molar-refractivity contribution is -0.0813. The van der Waals surface area contributed by atoms with Crippen LogP contribution in [0.3, 0.4) is 0 Å². The first-order valence-corrected chi connectivity index (χ1v) is 12.5. The molecule has 0 saturated carbocycles. The lowest BCUT2D eigenvalue weighted by Crippen LogP contribution is -2.40. The summed E-state index contributed by atoms with van der Waals surface area (Å²) < 4.78 is 10.7. The van der Waals surface area contributed by atoms with Gasteiger partial charge in [-0.3, -0.25) is 0 Å². The molecule has 1 aliphatic heterocycles. The van der Waals surface area contributed by atoms with Crippen LogP contribution in [0, 0.1) is 0 Å². The Morgan fingerprint density at radius 2 is 1.37 bits per heavy atom. The van der Waals surface area contributed by atoms with Gasteiger partial charge in [0.15, 0.2) is 0 Å². The molecule has 0 radical (unpaired) electrons. The monoisotopic (exact) mass is 428 g/mol. The van der Waals surface area contributed by atoms with Gasteiger partial charge in [0.2, 0.25) is 0 Å². The van der Waals surface area contributed by atoms with E-state index in [-0.39, 0.29) is 13.2 Å². The predicted octanol–water partition coefficient (Wildman–Crippen LogP) is 4.91. The average molecular weight is 429 g/mol. The normalized spacial score (nSPS) is 22.9. The Morgan fingerprint density at radius 3 is 1.90 bits per heavy atom. The van der Waals surface area contributed by atoms with Crippen molar-refractivity contribution in [2.75, 3.05) is 19.8 Å². The average Bonchev–Trinajstić information content (AvgIpc) is 3.08. The van der Waals surface area contributed by atoms with E-state index in [4.69, 9.17) is 9.47 Å². The molecule has 1 aliphatic rings. The van der Waals surface area contributed by atoms with Crippen molar-refractivity contribution in [2.45, 2.75) is 128 Å². The first kappa shape index (κ1) is 27.6. The van der Waals surface area contributed by atoms with E-state index in [0.29, 0.717) is 6.61 Å². The predicted molar refractivity (Wildman–Crippen MR) is 123 cm³/mol. The molecule has 1 rings (SSSR count). The molecule has 178 valence electrons. The second kappa shape index (κ2) is 19.2. The molecule has 1 heterocycles. The Balaban J connectivity index is 1.75. The number of ether oxygens (including phenoxy) is 2. The summed E-state index contributed by atoms with van der Waals surface area (Å²) in [5.41, 5.74) is 0. The van der Waals surface area contributed by atoms with E-state index in [0.717, 1.165) is 12.8 Å². The van der Waals surface area contributed by atoms with Gasteiger partial charge in [0.05, 0.1) is 13.2 Å². The topological polar surface area (TPSA) is 79.2 Å². The summed E-state index contributed by atoms with van der Waals surface area (Å²) in [6.45, 7) is 3.08. The molecular formula is C25H48O5. The lowest BCUT2D eigenvalue weighted by Gasteiger charge is -2.20. The van der Waals surface area contributed by atoms with Gasteiger partial charge in [0, 0.05) is 6.61 Å². The summed E-state index contributed by atoms with van der Waals surface area (Å²) in [5, 5.41) is 29.1. The van der Waals surface area contributed by atoms with Crippen LogP contribution in [0.25, 0.3) is 0 Å². The Labute approximate surface area is 184 Å². The zero-order valence-corrected chi connectivity index (χ0v) is 19.4. The fourth-order valence-corrected chi connectivity index (χ4v) is 3.88. The molecule has 5 heteroatoms. The van der Waals surface area contributed by atoms with Crippen LogP contribution in [0.4, 0.5) is 0 Å². The first-order valence-electron chi connectivity index (χ1n) is 12.5. The fraction of sp³-hybridized carbons (Fsp3) is 0.920. The zero-order valence-electron chi connectivity index (χ0n) is 19.4. The molecule has 0 amide bonds. The van der Waals surface area contributed by atoms with Crippen molar-refractivity contribution in [2.24, 2.45) is 0 Å². The minimum Gasteiger partial charge on any atom is -0.388 e. The van der Waals surface area contributed by atoms with Gasteiger partial charge in [-0.15, -0.1) is 0 Å². The summed E-state index contributed by atoms with van der Waals surface area (Å²) >= 11 is 0. The van der Waals surface area contributed by atoms with Crippen molar-refractivity contribution >= 4 is 0 Å². The van der Waals surface area contributed by atoms with Crippen LogP contribution in [-0.4, -0.2) is 59.6 Å². The molecular weight excluding hydrogens is 380 g/mol. The van der Waals surface area contributed by atoms with Gasteiger partial charge >= 0.3 is 0 Å². The lowest BCUT2D eigenvalue weighted by atomic mass is 10.0. The number of unbranched alkanes of at least 4 members (excludes halogenated alkanes) is 13. The third-order valence-electron chi connectivity index (χ3n) is 5.91. The third kappa shape index (κ3) is 13.8. The van der Waals surface area contributed by atoms with E-state index in [9.17, 15) is 15.3 Å². The van der Waals surface area contributed by atoms with Gasteiger partial charge in [-0.1, -0.05) is 89.7 Å². The van der Waals surface area contributed by atoms with Crippen LogP contribution in [0.1, 0.15) is 103 Å². The summed E-state index contributed by atoms with van der Waals surface area (Å²) in [5.74, 6) is 0. The van der Waals surface area contributed by atoms with E-state index in [1.54, 1.807) is 0 Å². The number of aliphatic hydroxyl groups is 3. The van der Waals surface area contributed by atoms with Crippen LogP contribution < -0.4 is 0 Å². The van der Waals surface area contributed by atoms with Crippen LogP contribution in [0.5, 0.6) is 0 Å². The van der Waals surface area contributed by atoms with Gasteiger partial charge < -0.3 is 24.8 Å². The van der Waals surface area contributed by atoms with Crippen LogP contribution in [0.2, 0.25) is 0 Å². The molecule has 0 bridgehead atoms. The highest BCUT2D eigenvalue weighted by Gasteiger charge is 2.39. The van der Waals surface area contributed by atoms with Crippen molar-refractivity contribution in [3.8, 4) is 0 Å². The van der Waals surface area contributed by atoms with E-state index >= 15 is 0 Å². The van der Waals surface area contributed by atoms with Gasteiger partial charge in [-0.05, 0) is 25.7 Å². The molecule has 0 aromatic rings. The number of aliphatic hydroxyl groups excluding tert-OH is 3. The first-order chi connectivity index (χ1) is 14.7. The SMILES string of the molecule is CCCC/C=C/CCCCCCCCCCCCCOC[C@@H](O)[C@@H]1OC[C@H](O)[C@@H]1O. The Hall–Kier alpha value is -0.460. The fourth-order valence-electron chi connectivity index (χ4n) is 3.88. The molecule has 0 spiro atoms. The molecule has 0 aliphatic carbocycles. The van der Waals surface area contributed by atoms with Crippen molar-refractivity contribution in [1.29, 1.82) is 0 Å². The third-order valence-corrected chi connectivity index (χ3v) is 5.91. The summed E-state index contributed by atoms with van der Waals surface area (Å²) in [7, 11) is 0. The van der Waals surface area contributed by atoms with E-state index in [1.165, 1.54) is 83.5 Å². The Morgan fingerprint density at radius 1 is 0.833 bits per heavy atom. The highest BCUT2D eigenvalue weighted by atomic mass is 16.5. The van der Waals surface area contributed by atoms with Crippen LogP contribution in [-0.2, 0) is 9.47 Å². The standard InChI is InChI=1S/C25H48O5/c1-2-3-4-5-6-7-8-9-10-11-12-13-14-15-16-17-18-19-29-20-23(27)25-24(28)22(26)21-30-25/h5-6,22-28H,2-4,7-21H2,1H3/b6-5+/t22-,23+,24-,25-/m0/s1. The van der Waals surface area contributed by atoms with Crippen molar-refractivity contribution in [3.05, 3.63) is 12.2 Å². The maximum Gasteiger partial charge on any atom is 0.114 e. The van der Waals surface area contributed by atoms with Crippen LogP contribution >= 0.6 is 0 Å². The highest BCUT2D eigenvalue weighted by molar-refractivity contribution is 4.87. The van der Waals surface area contributed by atoms with Gasteiger partial charge in [-0.2, -0.15) is 0 Å².